The first-order valence-corrected chi connectivity index (χ1v) is 7.52. The molecule has 2 aromatic carbocycles. The number of para-hydroxylation sites is 1. The summed E-state index contributed by atoms with van der Waals surface area (Å²) in [7, 11) is 0. The van der Waals surface area contributed by atoms with Crippen molar-refractivity contribution in [3.63, 3.8) is 0 Å². The summed E-state index contributed by atoms with van der Waals surface area (Å²) in [4.78, 5) is 0. The highest BCUT2D eigenvalue weighted by molar-refractivity contribution is 6.32. The molecule has 0 bridgehead atoms. The fraction of sp³-hybridized carbons (Fsp3) is 0.333. The lowest BCUT2D eigenvalue weighted by molar-refractivity contribution is 0.383. The molecule has 3 rings (SSSR count). The van der Waals surface area contributed by atoms with E-state index in [4.69, 9.17) is 16.3 Å². The predicted octanol–water partition coefficient (Wildman–Crippen LogP) is 5.27. The number of halogens is 1. The maximum atomic E-state index is 10.1. The average molecular weight is 303 g/mol. The van der Waals surface area contributed by atoms with E-state index in [2.05, 4.69) is 13.8 Å². The molecule has 2 nitrogen and oxygen atoms in total. The van der Waals surface area contributed by atoms with E-state index in [1.54, 1.807) is 6.07 Å². The summed E-state index contributed by atoms with van der Waals surface area (Å²) >= 11 is 6.24. The maximum Gasteiger partial charge on any atom is 0.148 e. The van der Waals surface area contributed by atoms with E-state index in [0.29, 0.717) is 16.5 Å². The molecule has 0 amide bonds. The van der Waals surface area contributed by atoms with Crippen molar-refractivity contribution in [1.29, 1.82) is 0 Å². The number of phenolic OH excluding ortho intramolecular Hbond substituents is 1. The van der Waals surface area contributed by atoms with Crippen molar-refractivity contribution in [2.24, 2.45) is 5.41 Å². The highest BCUT2D eigenvalue weighted by atomic mass is 35.5. The quantitative estimate of drug-likeness (QED) is 0.818. The van der Waals surface area contributed by atoms with Crippen LogP contribution in [0.2, 0.25) is 5.02 Å². The maximum absolute atomic E-state index is 10.1. The van der Waals surface area contributed by atoms with Gasteiger partial charge in [-0.1, -0.05) is 37.6 Å². The Morgan fingerprint density at radius 3 is 2.52 bits per heavy atom. The highest BCUT2D eigenvalue weighted by Gasteiger charge is 2.33. The molecule has 21 heavy (non-hydrogen) atoms. The molecule has 0 saturated heterocycles. The molecule has 1 aliphatic carbocycles. The fourth-order valence-electron chi connectivity index (χ4n) is 3.02. The number of hydrogen-bond donors (Lipinski definition) is 1. The van der Waals surface area contributed by atoms with Crippen molar-refractivity contribution in [2.45, 2.75) is 33.6 Å². The van der Waals surface area contributed by atoms with Crippen LogP contribution in [0.5, 0.6) is 17.2 Å². The van der Waals surface area contributed by atoms with Gasteiger partial charge in [-0.25, -0.2) is 0 Å². The van der Waals surface area contributed by atoms with Gasteiger partial charge in [0.1, 0.15) is 17.2 Å². The van der Waals surface area contributed by atoms with Crippen LogP contribution < -0.4 is 4.74 Å². The lowest BCUT2D eigenvalue weighted by Gasteiger charge is -2.16. The van der Waals surface area contributed by atoms with E-state index in [1.807, 2.05) is 31.2 Å². The van der Waals surface area contributed by atoms with Crippen molar-refractivity contribution in [2.75, 3.05) is 0 Å². The van der Waals surface area contributed by atoms with Gasteiger partial charge >= 0.3 is 0 Å². The number of rotatable bonds is 2. The van der Waals surface area contributed by atoms with Crippen molar-refractivity contribution in [1.82, 2.24) is 0 Å². The monoisotopic (exact) mass is 302 g/mol. The van der Waals surface area contributed by atoms with Crippen molar-refractivity contribution in [3.05, 3.63) is 52.0 Å². The molecule has 110 valence electrons. The van der Waals surface area contributed by atoms with Crippen LogP contribution in [0.3, 0.4) is 0 Å². The largest absolute Gasteiger partial charge is 0.508 e. The van der Waals surface area contributed by atoms with E-state index in [1.165, 1.54) is 0 Å². The predicted molar refractivity (Wildman–Crippen MR) is 85.6 cm³/mol. The molecule has 0 spiro atoms. The van der Waals surface area contributed by atoms with Gasteiger partial charge in [0.15, 0.2) is 0 Å². The third-order valence-electron chi connectivity index (χ3n) is 4.05. The second-order valence-electron chi connectivity index (χ2n) is 6.55. The number of aryl methyl sites for hydroxylation is 1. The van der Waals surface area contributed by atoms with E-state index >= 15 is 0 Å². The standard InChI is InChI=1S/C18H19ClO2/c1-11-5-4-6-14(19)17(11)21-16-8-7-15(20)12-9-18(2,3)10-13(12)16/h4-8,20H,9-10H2,1-3H3. The number of hydrogen-bond acceptors (Lipinski definition) is 2. The van der Waals surface area contributed by atoms with Crippen LogP contribution in [0, 0.1) is 12.3 Å². The van der Waals surface area contributed by atoms with Crippen molar-refractivity contribution in [3.8, 4) is 17.2 Å². The first kappa shape index (κ1) is 14.3. The van der Waals surface area contributed by atoms with Crippen LogP contribution in [0.25, 0.3) is 0 Å². The summed E-state index contributed by atoms with van der Waals surface area (Å²) < 4.78 is 6.09. The molecule has 1 aliphatic rings. The summed E-state index contributed by atoms with van der Waals surface area (Å²) in [5.74, 6) is 1.85. The van der Waals surface area contributed by atoms with Gasteiger partial charge in [0.2, 0.25) is 0 Å². The number of aromatic hydroxyl groups is 1. The molecule has 0 aliphatic heterocycles. The minimum absolute atomic E-state index is 0.148. The van der Waals surface area contributed by atoms with Crippen molar-refractivity contribution >= 4 is 11.6 Å². The zero-order valence-corrected chi connectivity index (χ0v) is 13.3. The van der Waals surface area contributed by atoms with Crippen LogP contribution in [0.15, 0.2) is 30.3 Å². The zero-order valence-electron chi connectivity index (χ0n) is 12.5. The Kier molecular flexibility index (Phi) is 3.37. The highest BCUT2D eigenvalue weighted by Crippen LogP contribution is 2.46. The number of fused-ring (bicyclic) bond motifs is 1. The van der Waals surface area contributed by atoms with Gasteiger partial charge in [-0.15, -0.1) is 0 Å². The summed E-state index contributed by atoms with van der Waals surface area (Å²) in [5.41, 5.74) is 3.25. The Labute approximate surface area is 130 Å². The second-order valence-corrected chi connectivity index (χ2v) is 6.95. The van der Waals surface area contributed by atoms with Gasteiger partial charge in [-0.3, -0.25) is 0 Å². The summed E-state index contributed by atoms with van der Waals surface area (Å²) in [5, 5.41) is 10.7. The van der Waals surface area contributed by atoms with Gasteiger partial charge in [-0.05, 0) is 48.9 Å². The minimum Gasteiger partial charge on any atom is -0.508 e. The molecule has 0 unspecified atom stereocenters. The van der Waals surface area contributed by atoms with Gasteiger partial charge in [0.05, 0.1) is 5.02 Å². The summed E-state index contributed by atoms with van der Waals surface area (Å²) in [6.07, 6.45) is 1.77. The zero-order chi connectivity index (χ0) is 15.2. The number of phenols is 1. The molecular weight excluding hydrogens is 284 g/mol. The Morgan fingerprint density at radius 1 is 1.10 bits per heavy atom. The first-order chi connectivity index (χ1) is 9.87. The van der Waals surface area contributed by atoms with Gasteiger partial charge in [-0.2, -0.15) is 0 Å². The van der Waals surface area contributed by atoms with Crippen LogP contribution in [0.1, 0.15) is 30.5 Å². The third kappa shape index (κ3) is 2.60. The second kappa shape index (κ2) is 4.96. The first-order valence-electron chi connectivity index (χ1n) is 7.14. The van der Waals surface area contributed by atoms with E-state index in [9.17, 15) is 5.11 Å². The smallest absolute Gasteiger partial charge is 0.148 e. The normalized spacial score (nSPS) is 15.8. The number of benzene rings is 2. The molecular formula is C18H19ClO2. The van der Waals surface area contributed by atoms with Crippen LogP contribution in [-0.2, 0) is 12.8 Å². The molecule has 0 radical (unpaired) electrons. The Bertz CT molecular complexity index is 684. The molecule has 0 atom stereocenters. The Hall–Kier alpha value is -1.67. The lowest BCUT2D eigenvalue weighted by Crippen LogP contribution is -2.09. The summed E-state index contributed by atoms with van der Waals surface area (Å²) in [6, 6.07) is 9.26. The Morgan fingerprint density at radius 2 is 1.81 bits per heavy atom. The third-order valence-corrected chi connectivity index (χ3v) is 4.35. The van der Waals surface area contributed by atoms with Gasteiger partial charge in [0.25, 0.3) is 0 Å². The Balaban J connectivity index is 2.04. The SMILES string of the molecule is Cc1cccc(Cl)c1Oc1ccc(O)c2c1CC(C)(C)C2. The molecule has 3 heteroatoms. The number of ether oxygens (including phenoxy) is 1. The molecule has 0 fully saturated rings. The molecule has 0 heterocycles. The molecule has 2 aromatic rings. The fourth-order valence-corrected chi connectivity index (χ4v) is 3.28. The topological polar surface area (TPSA) is 29.5 Å². The van der Waals surface area contributed by atoms with E-state index in [-0.39, 0.29) is 5.41 Å². The molecule has 0 saturated carbocycles. The van der Waals surface area contributed by atoms with Gasteiger partial charge < -0.3 is 9.84 Å². The van der Waals surface area contributed by atoms with E-state index < -0.39 is 0 Å². The minimum atomic E-state index is 0.148. The van der Waals surface area contributed by atoms with E-state index in [0.717, 1.165) is 35.3 Å². The van der Waals surface area contributed by atoms with Crippen LogP contribution in [0.4, 0.5) is 0 Å². The summed E-state index contributed by atoms with van der Waals surface area (Å²) in [6.45, 7) is 6.39. The van der Waals surface area contributed by atoms with Crippen LogP contribution in [-0.4, -0.2) is 5.11 Å². The molecule has 0 aromatic heterocycles. The molecule has 1 N–H and O–H groups in total. The lowest BCUT2D eigenvalue weighted by atomic mass is 9.90. The van der Waals surface area contributed by atoms with Crippen LogP contribution >= 0.6 is 11.6 Å². The average Bonchev–Trinajstić information content (AvgIpc) is 2.73. The van der Waals surface area contributed by atoms with Gasteiger partial charge in [0, 0.05) is 11.1 Å². The van der Waals surface area contributed by atoms with Crippen molar-refractivity contribution < 1.29 is 9.84 Å².